The molecule has 0 saturated carbocycles. The number of rotatable bonds is 4. The lowest BCUT2D eigenvalue weighted by molar-refractivity contribution is 0.182. The molecule has 1 saturated heterocycles. The number of nitrogens with zero attached hydrogens (tertiary/aromatic N) is 1. The van der Waals surface area contributed by atoms with Crippen LogP contribution in [0.1, 0.15) is 24.0 Å². The van der Waals surface area contributed by atoms with Crippen LogP contribution in [0.25, 0.3) is 0 Å². The third-order valence-electron chi connectivity index (χ3n) is 4.47. The Bertz CT molecular complexity index is 605. The van der Waals surface area contributed by atoms with Crippen molar-refractivity contribution >= 4 is 10.0 Å². The van der Waals surface area contributed by atoms with Crippen molar-refractivity contribution in [2.45, 2.75) is 37.1 Å². The summed E-state index contributed by atoms with van der Waals surface area (Å²) in [6.07, 6.45) is 1.48. The minimum Gasteiger partial charge on any atom is -0.329 e. The first-order valence-electron chi connectivity index (χ1n) is 7.28. The predicted octanol–water partition coefficient (Wildman–Crippen LogP) is 1.00. The summed E-state index contributed by atoms with van der Waals surface area (Å²) >= 11 is 0. The Morgan fingerprint density at radius 2 is 1.86 bits per heavy atom. The third-order valence-corrected chi connectivity index (χ3v) is 6.05. The molecule has 0 spiro atoms. The van der Waals surface area contributed by atoms with Gasteiger partial charge in [0.05, 0.1) is 4.90 Å². The summed E-state index contributed by atoms with van der Waals surface area (Å²) in [5.41, 5.74) is 7.41. The number of likely N-dealkylation sites (tertiary alicyclic amines) is 1. The van der Waals surface area contributed by atoms with E-state index >= 15 is 0 Å². The maximum absolute atomic E-state index is 12.6. The minimum atomic E-state index is -3.54. The third kappa shape index (κ3) is 3.63. The van der Waals surface area contributed by atoms with Crippen molar-refractivity contribution in [2.24, 2.45) is 5.73 Å². The Kier molecular flexibility index (Phi) is 4.72. The van der Waals surface area contributed by atoms with Gasteiger partial charge in [-0.2, -0.15) is 0 Å². The van der Waals surface area contributed by atoms with Gasteiger partial charge in [0, 0.05) is 12.1 Å². The molecule has 6 heteroatoms. The molecule has 0 bridgehead atoms. The average Bonchev–Trinajstić information content (AvgIpc) is 2.44. The van der Waals surface area contributed by atoms with Gasteiger partial charge in [-0.3, -0.25) is 0 Å². The van der Waals surface area contributed by atoms with Gasteiger partial charge in [0.2, 0.25) is 10.0 Å². The Labute approximate surface area is 127 Å². The van der Waals surface area contributed by atoms with Crippen molar-refractivity contribution in [2.75, 3.05) is 26.7 Å². The normalized spacial score (nSPS) is 19.6. The standard InChI is InChI=1S/C15H25N3O2S/c1-12-4-5-14(10-13(12)2)21(19,20)17-15(11-16)6-8-18(3)9-7-15/h4-5,10,17H,6-9,11,16H2,1-3H3. The lowest BCUT2D eigenvalue weighted by atomic mass is 9.89. The zero-order chi connectivity index (χ0) is 15.7. The average molecular weight is 311 g/mol. The fraction of sp³-hybridized carbons (Fsp3) is 0.600. The van der Waals surface area contributed by atoms with Crippen LogP contribution in [0.4, 0.5) is 0 Å². The molecule has 0 aromatic heterocycles. The van der Waals surface area contributed by atoms with Crippen LogP contribution in [0, 0.1) is 13.8 Å². The van der Waals surface area contributed by atoms with Crippen LogP contribution in [0.3, 0.4) is 0 Å². The van der Waals surface area contributed by atoms with Crippen LogP contribution in [-0.2, 0) is 10.0 Å². The first-order chi connectivity index (χ1) is 9.78. The number of nitrogens with two attached hydrogens (primary N) is 1. The highest BCUT2D eigenvalue weighted by atomic mass is 32.2. The Balaban J connectivity index is 2.25. The maximum atomic E-state index is 12.6. The van der Waals surface area contributed by atoms with Gasteiger partial charge in [-0.25, -0.2) is 13.1 Å². The van der Waals surface area contributed by atoms with E-state index in [2.05, 4.69) is 9.62 Å². The van der Waals surface area contributed by atoms with Crippen molar-refractivity contribution in [1.82, 2.24) is 9.62 Å². The van der Waals surface area contributed by atoms with Crippen molar-refractivity contribution in [3.8, 4) is 0 Å². The molecule has 0 aliphatic carbocycles. The number of benzene rings is 1. The highest BCUT2D eigenvalue weighted by Gasteiger charge is 2.36. The van der Waals surface area contributed by atoms with Crippen LogP contribution in [0.2, 0.25) is 0 Å². The summed E-state index contributed by atoms with van der Waals surface area (Å²) in [5.74, 6) is 0. The second-order valence-electron chi connectivity index (χ2n) is 6.14. The van der Waals surface area contributed by atoms with E-state index in [0.29, 0.717) is 11.4 Å². The van der Waals surface area contributed by atoms with Crippen molar-refractivity contribution in [3.05, 3.63) is 29.3 Å². The summed E-state index contributed by atoms with van der Waals surface area (Å²) in [7, 11) is -1.50. The van der Waals surface area contributed by atoms with E-state index in [9.17, 15) is 8.42 Å². The molecule has 3 N–H and O–H groups in total. The molecule has 1 aromatic rings. The fourth-order valence-electron chi connectivity index (χ4n) is 2.62. The second kappa shape index (κ2) is 6.04. The maximum Gasteiger partial charge on any atom is 0.241 e. The summed E-state index contributed by atoms with van der Waals surface area (Å²) < 4.78 is 28.1. The molecule has 1 heterocycles. The Morgan fingerprint density at radius 1 is 1.24 bits per heavy atom. The molecule has 1 fully saturated rings. The molecule has 1 aliphatic heterocycles. The van der Waals surface area contributed by atoms with Crippen molar-refractivity contribution in [3.63, 3.8) is 0 Å². The molecule has 2 rings (SSSR count). The van der Waals surface area contributed by atoms with Gasteiger partial charge in [-0.05, 0) is 70.1 Å². The van der Waals surface area contributed by atoms with Gasteiger partial charge >= 0.3 is 0 Å². The summed E-state index contributed by atoms with van der Waals surface area (Å²) in [6, 6.07) is 5.22. The monoisotopic (exact) mass is 311 g/mol. The van der Waals surface area contributed by atoms with Gasteiger partial charge in [0.25, 0.3) is 0 Å². The number of hydrogen-bond donors (Lipinski definition) is 2. The van der Waals surface area contributed by atoms with E-state index in [1.165, 1.54) is 0 Å². The lowest BCUT2D eigenvalue weighted by Gasteiger charge is -2.40. The second-order valence-corrected chi connectivity index (χ2v) is 7.82. The number of piperidine rings is 1. The number of aryl methyl sites for hydroxylation is 2. The van der Waals surface area contributed by atoms with E-state index in [-0.39, 0.29) is 0 Å². The number of sulfonamides is 1. The highest BCUT2D eigenvalue weighted by molar-refractivity contribution is 7.89. The van der Waals surface area contributed by atoms with E-state index in [0.717, 1.165) is 37.1 Å². The first kappa shape index (κ1) is 16.4. The van der Waals surface area contributed by atoms with E-state index in [4.69, 9.17) is 5.73 Å². The summed E-state index contributed by atoms with van der Waals surface area (Å²) in [5, 5.41) is 0. The summed E-state index contributed by atoms with van der Waals surface area (Å²) in [4.78, 5) is 2.51. The van der Waals surface area contributed by atoms with Crippen LogP contribution in [0.15, 0.2) is 23.1 Å². The van der Waals surface area contributed by atoms with Crippen LogP contribution < -0.4 is 10.5 Å². The van der Waals surface area contributed by atoms with E-state index in [1.54, 1.807) is 12.1 Å². The van der Waals surface area contributed by atoms with Crippen LogP contribution in [0.5, 0.6) is 0 Å². The van der Waals surface area contributed by atoms with Gasteiger partial charge < -0.3 is 10.6 Å². The summed E-state index contributed by atoms with van der Waals surface area (Å²) in [6.45, 7) is 5.92. The molecule has 0 atom stereocenters. The molecule has 1 aliphatic rings. The molecular formula is C15H25N3O2S. The molecular weight excluding hydrogens is 286 g/mol. The zero-order valence-corrected chi connectivity index (χ0v) is 13.8. The molecule has 5 nitrogen and oxygen atoms in total. The van der Waals surface area contributed by atoms with Crippen LogP contribution in [-0.4, -0.2) is 45.5 Å². The minimum absolute atomic E-state index is 0.317. The van der Waals surface area contributed by atoms with Gasteiger partial charge in [0.1, 0.15) is 0 Å². The van der Waals surface area contributed by atoms with Crippen molar-refractivity contribution in [1.29, 1.82) is 0 Å². The quantitative estimate of drug-likeness (QED) is 0.870. The SMILES string of the molecule is Cc1ccc(S(=O)(=O)NC2(CN)CCN(C)CC2)cc1C. The highest BCUT2D eigenvalue weighted by Crippen LogP contribution is 2.24. The number of hydrogen-bond acceptors (Lipinski definition) is 4. The fourth-order valence-corrected chi connectivity index (χ4v) is 4.17. The topological polar surface area (TPSA) is 75.4 Å². The molecule has 118 valence electrons. The van der Waals surface area contributed by atoms with Gasteiger partial charge in [0.15, 0.2) is 0 Å². The lowest BCUT2D eigenvalue weighted by Crippen LogP contribution is -2.58. The smallest absolute Gasteiger partial charge is 0.241 e. The van der Waals surface area contributed by atoms with E-state index < -0.39 is 15.6 Å². The Morgan fingerprint density at radius 3 is 2.38 bits per heavy atom. The molecule has 21 heavy (non-hydrogen) atoms. The Hall–Kier alpha value is -0.950. The molecule has 0 unspecified atom stereocenters. The van der Waals surface area contributed by atoms with Crippen LogP contribution >= 0.6 is 0 Å². The molecule has 0 radical (unpaired) electrons. The van der Waals surface area contributed by atoms with Gasteiger partial charge in [-0.1, -0.05) is 6.07 Å². The number of nitrogens with one attached hydrogen (secondary N) is 1. The van der Waals surface area contributed by atoms with Gasteiger partial charge in [-0.15, -0.1) is 0 Å². The predicted molar refractivity (Wildman–Crippen MR) is 84.8 cm³/mol. The first-order valence-corrected chi connectivity index (χ1v) is 8.76. The van der Waals surface area contributed by atoms with E-state index in [1.807, 2.05) is 27.0 Å². The zero-order valence-electron chi connectivity index (χ0n) is 13.0. The largest absolute Gasteiger partial charge is 0.329 e. The molecule has 1 aromatic carbocycles. The van der Waals surface area contributed by atoms with Crippen molar-refractivity contribution < 1.29 is 8.42 Å². The molecule has 0 amide bonds.